The van der Waals surface area contributed by atoms with Gasteiger partial charge in [0.15, 0.2) is 11.5 Å². The van der Waals surface area contributed by atoms with Crippen LogP contribution in [0.2, 0.25) is 10.0 Å². The number of benzene rings is 2. The van der Waals surface area contributed by atoms with Crippen LogP contribution in [0.1, 0.15) is 15.9 Å². The van der Waals surface area contributed by atoms with Crippen LogP contribution in [0.4, 0.5) is 4.79 Å². The van der Waals surface area contributed by atoms with E-state index in [1.807, 2.05) is 0 Å². The highest BCUT2D eigenvalue weighted by Crippen LogP contribution is 2.35. The Hall–Kier alpha value is -3.01. The van der Waals surface area contributed by atoms with Gasteiger partial charge in [-0.3, -0.25) is 19.3 Å². The maximum Gasteiger partial charge on any atom is 0.345 e. The van der Waals surface area contributed by atoms with E-state index in [-0.39, 0.29) is 27.0 Å². The third kappa shape index (κ3) is 5.24. The summed E-state index contributed by atoms with van der Waals surface area (Å²) in [5, 5.41) is -0.0609. The predicted octanol–water partition coefficient (Wildman–Crippen LogP) is 4.43. The van der Waals surface area contributed by atoms with E-state index in [4.69, 9.17) is 32.7 Å². The third-order valence-corrected chi connectivity index (χ3v) is 5.68. The topological polar surface area (TPSA) is 99.2 Å². The highest BCUT2D eigenvalue weighted by Gasteiger charge is 2.36. The molecule has 1 heterocycles. The molecular formula is C21H15Cl2NO7S. The standard InChI is InChI=1S/C21H15Cl2NO7S/c1-29-16-7-11(8-17-19(26)24(21(28)32-17)10-18(25)30-2)3-6-15(16)31-20(27)13-5-4-12(22)9-14(13)23/h3-9H,10H2,1-2H3/b17-8-. The molecule has 2 aromatic carbocycles. The van der Waals surface area contributed by atoms with E-state index in [0.29, 0.717) is 22.3 Å². The summed E-state index contributed by atoms with van der Waals surface area (Å²) in [6, 6.07) is 8.96. The van der Waals surface area contributed by atoms with Crippen molar-refractivity contribution >= 4 is 64.1 Å². The highest BCUT2D eigenvalue weighted by atomic mass is 35.5. The zero-order valence-electron chi connectivity index (χ0n) is 16.7. The third-order valence-electron chi connectivity index (χ3n) is 4.23. The molecule has 32 heavy (non-hydrogen) atoms. The molecule has 1 saturated heterocycles. The number of halogens is 2. The van der Waals surface area contributed by atoms with E-state index in [9.17, 15) is 19.2 Å². The number of carbonyl (C=O) groups is 4. The molecule has 2 aromatic rings. The quantitative estimate of drug-likeness (QED) is 0.329. The second-order valence-electron chi connectivity index (χ2n) is 6.27. The van der Waals surface area contributed by atoms with Crippen LogP contribution in [0.5, 0.6) is 11.5 Å². The Bertz CT molecular complexity index is 1150. The molecule has 0 unspecified atom stereocenters. The Morgan fingerprint density at radius 1 is 1.06 bits per heavy atom. The van der Waals surface area contributed by atoms with Gasteiger partial charge in [0.05, 0.1) is 29.7 Å². The number of hydrogen-bond donors (Lipinski definition) is 0. The molecule has 0 aromatic heterocycles. The van der Waals surface area contributed by atoms with Crippen molar-refractivity contribution in [2.45, 2.75) is 0 Å². The van der Waals surface area contributed by atoms with Gasteiger partial charge in [-0.05, 0) is 53.7 Å². The van der Waals surface area contributed by atoms with Crippen LogP contribution in [-0.2, 0) is 14.3 Å². The fraction of sp³-hybridized carbons (Fsp3) is 0.143. The molecule has 2 amide bonds. The van der Waals surface area contributed by atoms with Crippen LogP contribution in [0.15, 0.2) is 41.3 Å². The van der Waals surface area contributed by atoms with Crippen molar-refractivity contribution in [1.82, 2.24) is 4.90 Å². The molecule has 0 bridgehead atoms. The first-order valence-electron chi connectivity index (χ1n) is 8.91. The van der Waals surface area contributed by atoms with Crippen molar-refractivity contribution in [3.63, 3.8) is 0 Å². The molecule has 8 nitrogen and oxygen atoms in total. The van der Waals surface area contributed by atoms with Gasteiger partial charge < -0.3 is 14.2 Å². The lowest BCUT2D eigenvalue weighted by atomic mass is 10.1. The summed E-state index contributed by atoms with van der Waals surface area (Å²) in [6.07, 6.45) is 1.46. The Balaban J connectivity index is 1.81. The highest BCUT2D eigenvalue weighted by molar-refractivity contribution is 8.18. The minimum Gasteiger partial charge on any atom is -0.493 e. The maximum absolute atomic E-state index is 12.5. The van der Waals surface area contributed by atoms with Crippen molar-refractivity contribution < 1.29 is 33.4 Å². The molecule has 1 fully saturated rings. The number of nitrogens with zero attached hydrogens (tertiary/aromatic N) is 1. The van der Waals surface area contributed by atoms with Gasteiger partial charge in [-0.15, -0.1) is 0 Å². The van der Waals surface area contributed by atoms with E-state index in [0.717, 1.165) is 4.90 Å². The smallest absolute Gasteiger partial charge is 0.345 e. The van der Waals surface area contributed by atoms with E-state index >= 15 is 0 Å². The fourth-order valence-corrected chi connectivity index (χ4v) is 3.97. The summed E-state index contributed by atoms with van der Waals surface area (Å²) >= 11 is 12.6. The fourth-order valence-electron chi connectivity index (χ4n) is 2.65. The second kappa shape index (κ2) is 10.1. The van der Waals surface area contributed by atoms with E-state index < -0.39 is 29.6 Å². The second-order valence-corrected chi connectivity index (χ2v) is 8.10. The lowest BCUT2D eigenvalue weighted by Crippen LogP contribution is -2.34. The molecule has 0 spiro atoms. The first-order valence-corrected chi connectivity index (χ1v) is 10.5. The van der Waals surface area contributed by atoms with Crippen LogP contribution < -0.4 is 9.47 Å². The molecule has 0 aliphatic carbocycles. The molecule has 3 rings (SSSR count). The van der Waals surface area contributed by atoms with Gasteiger partial charge in [-0.2, -0.15) is 0 Å². The number of amides is 2. The molecule has 0 N–H and O–H groups in total. The number of esters is 2. The molecule has 11 heteroatoms. The van der Waals surface area contributed by atoms with Gasteiger partial charge >= 0.3 is 11.9 Å². The summed E-state index contributed by atoms with van der Waals surface area (Å²) in [4.78, 5) is 49.3. The summed E-state index contributed by atoms with van der Waals surface area (Å²) in [7, 11) is 2.55. The minimum atomic E-state index is -0.707. The number of rotatable bonds is 6. The molecule has 0 saturated carbocycles. The zero-order chi connectivity index (χ0) is 23.4. The molecular weight excluding hydrogens is 481 g/mol. The number of hydrogen-bond acceptors (Lipinski definition) is 8. The number of carbonyl (C=O) groups excluding carboxylic acids is 4. The summed E-state index contributed by atoms with van der Waals surface area (Å²) < 4.78 is 15.2. The lowest BCUT2D eigenvalue weighted by Gasteiger charge is -2.11. The van der Waals surface area contributed by atoms with Crippen LogP contribution in [0.25, 0.3) is 6.08 Å². The number of methoxy groups -OCH3 is 2. The molecule has 0 atom stereocenters. The largest absolute Gasteiger partial charge is 0.493 e. The molecule has 0 radical (unpaired) electrons. The number of imide groups is 1. The van der Waals surface area contributed by atoms with Crippen molar-refractivity contribution in [3.8, 4) is 11.5 Å². The summed E-state index contributed by atoms with van der Waals surface area (Å²) in [6.45, 7) is -0.468. The first kappa shape index (κ1) is 23.6. The van der Waals surface area contributed by atoms with E-state index in [1.165, 1.54) is 50.6 Å². The molecule has 166 valence electrons. The van der Waals surface area contributed by atoms with Crippen molar-refractivity contribution in [3.05, 3.63) is 62.5 Å². The summed E-state index contributed by atoms with van der Waals surface area (Å²) in [5.41, 5.74) is 0.635. The van der Waals surface area contributed by atoms with Crippen LogP contribution in [0, 0.1) is 0 Å². The van der Waals surface area contributed by atoms with Gasteiger partial charge in [0.1, 0.15) is 6.54 Å². The van der Waals surface area contributed by atoms with Crippen LogP contribution in [0.3, 0.4) is 0 Å². The Morgan fingerprint density at radius 3 is 2.47 bits per heavy atom. The SMILES string of the molecule is COC(=O)CN1C(=O)S/C(=C\c2ccc(OC(=O)c3ccc(Cl)cc3Cl)c(OC)c2)C1=O. The minimum absolute atomic E-state index is 0.124. The Morgan fingerprint density at radius 2 is 1.81 bits per heavy atom. The van der Waals surface area contributed by atoms with Crippen molar-refractivity contribution in [1.29, 1.82) is 0 Å². The Kier molecular flexibility index (Phi) is 7.44. The average Bonchev–Trinajstić information content (AvgIpc) is 3.01. The van der Waals surface area contributed by atoms with E-state index in [1.54, 1.807) is 6.07 Å². The van der Waals surface area contributed by atoms with Gasteiger partial charge in [0, 0.05) is 5.02 Å². The lowest BCUT2D eigenvalue weighted by molar-refractivity contribution is -0.143. The normalized spacial score (nSPS) is 14.6. The van der Waals surface area contributed by atoms with Gasteiger partial charge in [0.25, 0.3) is 11.1 Å². The van der Waals surface area contributed by atoms with Gasteiger partial charge in [-0.25, -0.2) is 4.79 Å². The van der Waals surface area contributed by atoms with Crippen molar-refractivity contribution in [2.24, 2.45) is 0 Å². The van der Waals surface area contributed by atoms with Gasteiger partial charge in [0.2, 0.25) is 0 Å². The average molecular weight is 496 g/mol. The predicted molar refractivity (Wildman–Crippen MR) is 119 cm³/mol. The van der Waals surface area contributed by atoms with Crippen LogP contribution >= 0.6 is 35.0 Å². The van der Waals surface area contributed by atoms with Crippen molar-refractivity contribution in [2.75, 3.05) is 20.8 Å². The number of thioether (sulfide) groups is 1. The van der Waals surface area contributed by atoms with Crippen LogP contribution in [-0.4, -0.2) is 48.7 Å². The first-order chi connectivity index (χ1) is 15.2. The zero-order valence-corrected chi connectivity index (χ0v) is 19.0. The Labute approximate surface area is 197 Å². The monoisotopic (exact) mass is 495 g/mol. The molecule has 1 aliphatic rings. The maximum atomic E-state index is 12.5. The summed E-state index contributed by atoms with van der Waals surface area (Å²) in [5.74, 6) is -1.69. The molecule has 1 aliphatic heterocycles. The number of ether oxygens (including phenoxy) is 3. The van der Waals surface area contributed by atoms with Gasteiger partial charge in [-0.1, -0.05) is 29.3 Å². The van der Waals surface area contributed by atoms with E-state index in [2.05, 4.69) is 4.74 Å².